The lowest BCUT2D eigenvalue weighted by atomic mass is 10.2. The molecule has 1 N–H and O–H groups in total. The number of thioether (sulfide) groups is 2. The van der Waals surface area contributed by atoms with Crippen LogP contribution in [0, 0.1) is 0 Å². The van der Waals surface area contributed by atoms with E-state index in [1.807, 2.05) is 19.1 Å². The smallest absolute Gasteiger partial charge is 0.237 e. The quantitative estimate of drug-likeness (QED) is 0.922. The summed E-state index contributed by atoms with van der Waals surface area (Å²) in [7, 11) is 0. The molecule has 7 heteroatoms. The van der Waals surface area contributed by atoms with Crippen molar-refractivity contribution in [1.82, 2.24) is 0 Å². The molecule has 0 aliphatic carbocycles. The van der Waals surface area contributed by atoms with E-state index in [-0.39, 0.29) is 18.0 Å². The lowest BCUT2D eigenvalue weighted by Crippen LogP contribution is -2.25. The molecule has 0 fully saturated rings. The number of anilines is 1. The van der Waals surface area contributed by atoms with Crippen molar-refractivity contribution < 1.29 is 14.3 Å². The average molecular weight is 324 g/mol. The van der Waals surface area contributed by atoms with Gasteiger partial charge in [0.2, 0.25) is 12.7 Å². The van der Waals surface area contributed by atoms with Crippen molar-refractivity contribution in [3.63, 3.8) is 0 Å². The van der Waals surface area contributed by atoms with E-state index in [9.17, 15) is 4.79 Å². The molecule has 112 valence electrons. The van der Waals surface area contributed by atoms with Gasteiger partial charge in [0.1, 0.15) is 4.38 Å². The number of hydrogen-bond acceptors (Lipinski definition) is 6. The minimum atomic E-state index is -0.125. The Labute approximate surface area is 131 Å². The molecule has 2 aliphatic heterocycles. The number of benzene rings is 1. The van der Waals surface area contributed by atoms with E-state index >= 15 is 0 Å². The molecule has 1 unspecified atom stereocenters. The number of nitrogens with one attached hydrogen (secondary N) is 1. The predicted octanol–water partition coefficient (Wildman–Crippen LogP) is 2.97. The lowest BCUT2D eigenvalue weighted by Gasteiger charge is -2.14. The maximum atomic E-state index is 12.4. The van der Waals surface area contributed by atoms with Crippen LogP contribution >= 0.6 is 23.5 Å². The van der Waals surface area contributed by atoms with E-state index in [2.05, 4.69) is 10.3 Å². The van der Waals surface area contributed by atoms with Crippen LogP contribution in [0.15, 0.2) is 23.2 Å². The molecule has 1 amide bonds. The number of nitrogens with zero attached hydrogens (tertiary/aromatic N) is 1. The van der Waals surface area contributed by atoms with Crippen LogP contribution in [0.5, 0.6) is 11.5 Å². The van der Waals surface area contributed by atoms with Crippen molar-refractivity contribution in [3.8, 4) is 11.5 Å². The molecule has 21 heavy (non-hydrogen) atoms. The number of amides is 1. The van der Waals surface area contributed by atoms with Crippen molar-refractivity contribution in [3.05, 3.63) is 18.2 Å². The third kappa shape index (κ3) is 3.47. The van der Waals surface area contributed by atoms with E-state index in [0.717, 1.165) is 28.8 Å². The summed E-state index contributed by atoms with van der Waals surface area (Å²) < 4.78 is 11.6. The van der Waals surface area contributed by atoms with E-state index < -0.39 is 0 Å². The summed E-state index contributed by atoms with van der Waals surface area (Å²) in [6, 6.07) is 5.42. The van der Waals surface area contributed by atoms with Gasteiger partial charge in [-0.15, -0.1) is 0 Å². The molecule has 2 aliphatic rings. The third-order valence-corrected chi connectivity index (χ3v) is 5.67. The minimum absolute atomic E-state index is 0.00318. The minimum Gasteiger partial charge on any atom is -0.454 e. The van der Waals surface area contributed by atoms with Gasteiger partial charge >= 0.3 is 0 Å². The van der Waals surface area contributed by atoms with Crippen LogP contribution in [0.2, 0.25) is 0 Å². The number of aliphatic imine (C=N–C) groups is 1. The summed E-state index contributed by atoms with van der Waals surface area (Å²) in [5.41, 5.74) is 0.726. The Morgan fingerprint density at radius 1 is 1.48 bits per heavy atom. The molecular formula is C14H16N2O3S2. The van der Waals surface area contributed by atoms with Crippen LogP contribution in [0.3, 0.4) is 0 Å². The summed E-state index contributed by atoms with van der Waals surface area (Å²) in [6.45, 7) is 3.10. The van der Waals surface area contributed by atoms with Crippen LogP contribution in [-0.4, -0.2) is 34.6 Å². The van der Waals surface area contributed by atoms with Gasteiger partial charge in [0.25, 0.3) is 0 Å². The number of hydrogen-bond donors (Lipinski definition) is 1. The van der Waals surface area contributed by atoms with E-state index in [1.165, 1.54) is 0 Å². The Kier molecular flexibility index (Phi) is 4.60. The lowest BCUT2D eigenvalue weighted by molar-refractivity contribution is -0.115. The van der Waals surface area contributed by atoms with Crippen LogP contribution < -0.4 is 14.8 Å². The van der Waals surface area contributed by atoms with Gasteiger partial charge < -0.3 is 14.8 Å². The first kappa shape index (κ1) is 14.6. The molecule has 1 aromatic rings. The zero-order chi connectivity index (χ0) is 14.7. The van der Waals surface area contributed by atoms with E-state index in [0.29, 0.717) is 11.5 Å². The van der Waals surface area contributed by atoms with Crippen LogP contribution in [0.4, 0.5) is 5.69 Å². The highest BCUT2D eigenvalue weighted by Gasteiger charge is 2.22. The Bertz CT molecular complexity index is 577. The average Bonchev–Trinajstić information content (AvgIpc) is 3.15. The van der Waals surface area contributed by atoms with Crippen molar-refractivity contribution in [2.24, 2.45) is 4.99 Å². The molecule has 3 rings (SSSR count). The van der Waals surface area contributed by atoms with Gasteiger partial charge in [0, 0.05) is 17.5 Å². The number of carbonyl (C=O) groups is 1. The number of fused-ring (bicyclic) bond motifs is 1. The Morgan fingerprint density at radius 2 is 2.33 bits per heavy atom. The van der Waals surface area contributed by atoms with Gasteiger partial charge in [0.05, 0.1) is 11.8 Å². The molecule has 1 aromatic carbocycles. The summed E-state index contributed by atoms with van der Waals surface area (Å²) >= 11 is 3.27. The van der Waals surface area contributed by atoms with Crippen LogP contribution in [-0.2, 0) is 4.79 Å². The summed E-state index contributed by atoms with van der Waals surface area (Å²) in [5, 5.41) is 2.81. The molecule has 0 bridgehead atoms. The summed E-state index contributed by atoms with van der Waals surface area (Å²) in [6.07, 6.45) is 0.765. The van der Waals surface area contributed by atoms with Gasteiger partial charge in [-0.3, -0.25) is 9.79 Å². The number of carbonyl (C=O) groups excluding carboxylic acids is 1. The van der Waals surface area contributed by atoms with Crippen molar-refractivity contribution >= 4 is 39.5 Å². The first-order valence-corrected chi connectivity index (χ1v) is 8.67. The largest absolute Gasteiger partial charge is 0.454 e. The van der Waals surface area contributed by atoms with Crippen molar-refractivity contribution in [2.75, 3.05) is 24.4 Å². The Balaban J connectivity index is 1.63. The molecule has 0 saturated heterocycles. The highest BCUT2D eigenvalue weighted by Crippen LogP contribution is 2.34. The normalized spacial score (nSPS) is 17.5. The fourth-order valence-electron chi connectivity index (χ4n) is 2.03. The first-order valence-electron chi connectivity index (χ1n) is 6.80. The number of rotatable bonds is 4. The highest BCUT2D eigenvalue weighted by atomic mass is 32.2. The zero-order valence-corrected chi connectivity index (χ0v) is 13.3. The van der Waals surface area contributed by atoms with E-state index in [4.69, 9.17) is 9.47 Å². The van der Waals surface area contributed by atoms with Crippen molar-refractivity contribution in [1.29, 1.82) is 0 Å². The molecule has 0 radical (unpaired) electrons. The van der Waals surface area contributed by atoms with Crippen LogP contribution in [0.1, 0.15) is 13.3 Å². The van der Waals surface area contributed by atoms with Gasteiger partial charge in [-0.25, -0.2) is 0 Å². The molecular weight excluding hydrogens is 308 g/mol. The molecule has 1 atom stereocenters. The zero-order valence-electron chi connectivity index (χ0n) is 11.6. The molecule has 2 heterocycles. The van der Waals surface area contributed by atoms with Crippen LogP contribution in [0.25, 0.3) is 0 Å². The number of ether oxygens (including phenoxy) is 2. The van der Waals surface area contributed by atoms with Gasteiger partial charge in [-0.05, 0) is 18.6 Å². The van der Waals surface area contributed by atoms with Gasteiger partial charge in [-0.2, -0.15) is 0 Å². The summed E-state index contributed by atoms with van der Waals surface area (Å²) in [5.74, 6) is 2.40. The fraction of sp³-hybridized carbons (Fsp3) is 0.429. The summed E-state index contributed by atoms with van der Waals surface area (Å²) in [4.78, 5) is 16.7. The Hall–Kier alpha value is -1.34. The second kappa shape index (κ2) is 6.62. The van der Waals surface area contributed by atoms with E-state index in [1.54, 1.807) is 29.6 Å². The second-order valence-corrected chi connectivity index (χ2v) is 7.10. The van der Waals surface area contributed by atoms with Gasteiger partial charge in [-0.1, -0.05) is 30.4 Å². The fourth-order valence-corrected chi connectivity index (χ4v) is 4.18. The topological polar surface area (TPSA) is 59.9 Å². The molecule has 0 saturated carbocycles. The first-order chi connectivity index (χ1) is 10.3. The van der Waals surface area contributed by atoms with Crippen molar-refractivity contribution in [2.45, 2.75) is 18.6 Å². The maximum absolute atomic E-state index is 12.4. The predicted molar refractivity (Wildman–Crippen MR) is 87.6 cm³/mol. The SMILES string of the molecule is CCC(SC1=NCCS1)C(=O)Nc1ccc2c(c1)OCO2. The van der Waals surface area contributed by atoms with Gasteiger partial charge in [0.15, 0.2) is 11.5 Å². The molecule has 0 spiro atoms. The molecule has 5 nitrogen and oxygen atoms in total. The Morgan fingerprint density at radius 3 is 3.10 bits per heavy atom. The monoisotopic (exact) mass is 324 g/mol. The highest BCUT2D eigenvalue weighted by molar-refractivity contribution is 8.39. The standard InChI is InChI=1S/C14H16N2O3S2/c1-2-12(21-14-15-5-6-20-14)13(17)16-9-3-4-10-11(7-9)19-8-18-10/h3-4,7,12H,2,5-6,8H2,1H3,(H,16,17). The third-order valence-electron chi connectivity index (χ3n) is 3.10. The molecule has 0 aromatic heterocycles. The maximum Gasteiger partial charge on any atom is 0.237 e. The second-order valence-electron chi connectivity index (χ2n) is 4.57.